The molecule has 1 amide bonds. The van der Waals surface area contributed by atoms with Gasteiger partial charge in [0.15, 0.2) is 0 Å². The van der Waals surface area contributed by atoms with Gasteiger partial charge in [0.25, 0.3) is 5.91 Å². The summed E-state index contributed by atoms with van der Waals surface area (Å²) in [5.41, 5.74) is 6.24. The maximum atomic E-state index is 12.3. The van der Waals surface area contributed by atoms with Crippen LogP contribution in [-0.4, -0.2) is 67.7 Å². The summed E-state index contributed by atoms with van der Waals surface area (Å²) in [6.07, 6.45) is 1.36. The molecule has 1 aromatic heterocycles. The topological polar surface area (TPSA) is 128 Å². The predicted molar refractivity (Wildman–Crippen MR) is 84.2 cm³/mol. The molecule has 23 heavy (non-hydrogen) atoms. The molecule has 2 heterocycles. The lowest BCUT2D eigenvalue weighted by atomic mass is 10.1. The van der Waals surface area contributed by atoms with E-state index in [0.29, 0.717) is 11.3 Å². The van der Waals surface area contributed by atoms with E-state index >= 15 is 0 Å². The molecule has 128 valence electrons. The van der Waals surface area contributed by atoms with Crippen LogP contribution in [0.25, 0.3) is 0 Å². The molecular formula is C13H21N5O4S. The Balaban J connectivity index is 2.08. The van der Waals surface area contributed by atoms with Gasteiger partial charge in [-0.3, -0.25) is 4.79 Å². The summed E-state index contributed by atoms with van der Waals surface area (Å²) in [5, 5.41) is 2.80. The van der Waals surface area contributed by atoms with Gasteiger partial charge in [0.05, 0.1) is 36.3 Å². The molecule has 0 aromatic carbocycles. The van der Waals surface area contributed by atoms with Gasteiger partial charge in [-0.05, 0) is 6.92 Å². The summed E-state index contributed by atoms with van der Waals surface area (Å²) in [6.45, 7) is 2.22. The quantitative estimate of drug-likeness (QED) is 0.702. The van der Waals surface area contributed by atoms with Crippen molar-refractivity contribution in [2.45, 2.75) is 13.0 Å². The molecule has 2 atom stereocenters. The molecule has 1 aliphatic rings. The average Bonchev–Trinajstić information content (AvgIpc) is 2.84. The number of aryl methyl sites for hydroxylation is 1. The minimum atomic E-state index is -3.37. The number of hydrogen-bond acceptors (Lipinski definition) is 7. The third-order valence-corrected chi connectivity index (χ3v) is 5.70. The number of nitrogens with one attached hydrogen (secondary N) is 1. The number of sulfonamides is 1. The number of ether oxygens (including phenoxy) is 1. The number of nitrogens with zero attached hydrogens (tertiary/aromatic N) is 3. The second-order valence-electron chi connectivity index (χ2n) is 5.67. The highest BCUT2D eigenvalue weighted by Gasteiger charge is 2.34. The van der Waals surface area contributed by atoms with Crippen LogP contribution in [0, 0.1) is 12.8 Å². The Kier molecular flexibility index (Phi) is 5.17. The largest absolute Gasteiger partial charge is 0.379 e. The molecule has 1 saturated heterocycles. The van der Waals surface area contributed by atoms with Crippen molar-refractivity contribution in [1.82, 2.24) is 19.6 Å². The minimum absolute atomic E-state index is 0.0812. The number of aromatic nitrogens is 2. The highest BCUT2D eigenvalue weighted by atomic mass is 32.2. The summed E-state index contributed by atoms with van der Waals surface area (Å²) < 4.78 is 30.5. The third kappa shape index (κ3) is 4.15. The van der Waals surface area contributed by atoms with Crippen LogP contribution in [0.3, 0.4) is 0 Å². The van der Waals surface area contributed by atoms with Gasteiger partial charge in [0.2, 0.25) is 16.0 Å². The minimum Gasteiger partial charge on any atom is -0.379 e. The van der Waals surface area contributed by atoms with Crippen molar-refractivity contribution >= 4 is 21.9 Å². The Labute approximate surface area is 135 Å². The molecule has 1 aromatic rings. The van der Waals surface area contributed by atoms with E-state index in [2.05, 4.69) is 15.3 Å². The lowest BCUT2D eigenvalue weighted by Crippen LogP contribution is -2.43. The van der Waals surface area contributed by atoms with E-state index in [0.717, 1.165) is 0 Å². The molecule has 1 aliphatic heterocycles. The van der Waals surface area contributed by atoms with E-state index in [-0.39, 0.29) is 42.8 Å². The van der Waals surface area contributed by atoms with Gasteiger partial charge in [-0.2, -0.15) is 0 Å². The molecule has 9 nitrogen and oxygen atoms in total. The summed E-state index contributed by atoms with van der Waals surface area (Å²) in [6, 6.07) is -0.380. The number of rotatable bonds is 5. The average molecular weight is 343 g/mol. The highest BCUT2D eigenvalue weighted by molar-refractivity contribution is 7.89. The number of nitrogens with two attached hydrogens (primary N) is 1. The first kappa shape index (κ1) is 17.6. The van der Waals surface area contributed by atoms with Gasteiger partial charge in [-0.1, -0.05) is 0 Å². The molecule has 0 radical (unpaired) electrons. The van der Waals surface area contributed by atoms with Crippen molar-refractivity contribution in [1.29, 1.82) is 0 Å². The van der Waals surface area contributed by atoms with Crippen LogP contribution in [0.15, 0.2) is 6.20 Å². The summed E-state index contributed by atoms with van der Waals surface area (Å²) in [7, 11) is -0.408. The molecule has 2 rings (SSSR count). The van der Waals surface area contributed by atoms with Gasteiger partial charge in [-0.25, -0.2) is 22.7 Å². The second kappa shape index (κ2) is 6.77. The van der Waals surface area contributed by atoms with Crippen LogP contribution in [0.2, 0.25) is 0 Å². The van der Waals surface area contributed by atoms with Crippen molar-refractivity contribution in [3.63, 3.8) is 0 Å². The van der Waals surface area contributed by atoms with Crippen molar-refractivity contribution in [3.05, 3.63) is 17.5 Å². The van der Waals surface area contributed by atoms with Gasteiger partial charge < -0.3 is 15.8 Å². The first-order chi connectivity index (χ1) is 10.7. The number of nitrogen functional groups attached to an aromatic ring is 1. The van der Waals surface area contributed by atoms with E-state index in [4.69, 9.17) is 10.5 Å². The molecule has 1 fully saturated rings. The molecule has 0 bridgehead atoms. The molecule has 3 N–H and O–H groups in total. The standard InChI is InChI=1S/C13H21N5O4S/c1-8-10(4-15-13(14)16-8)12(19)17-11-6-22-5-9(11)7-23(20,21)18(2)3/h4,9,11H,5-7H2,1-3H3,(H,17,19)(H2,14,15,16)/t9-,11+/m0/s1. The Morgan fingerprint density at radius 2 is 2.17 bits per heavy atom. The molecule has 0 unspecified atom stereocenters. The van der Waals surface area contributed by atoms with Crippen LogP contribution in [0.1, 0.15) is 16.1 Å². The van der Waals surface area contributed by atoms with Crippen LogP contribution < -0.4 is 11.1 Å². The summed E-state index contributed by atoms with van der Waals surface area (Å²) in [5.74, 6) is -0.660. The van der Waals surface area contributed by atoms with Gasteiger partial charge in [0, 0.05) is 26.2 Å². The highest BCUT2D eigenvalue weighted by Crippen LogP contribution is 2.18. The van der Waals surface area contributed by atoms with E-state index in [9.17, 15) is 13.2 Å². The van der Waals surface area contributed by atoms with E-state index in [1.54, 1.807) is 6.92 Å². The van der Waals surface area contributed by atoms with Crippen molar-refractivity contribution < 1.29 is 17.9 Å². The number of amides is 1. The lowest BCUT2D eigenvalue weighted by molar-refractivity contribution is 0.0924. The second-order valence-corrected chi connectivity index (χ2v) is 7.89. The Hall–Kier alpha value is -1.78. The smallest absolute Gasteiger partial charge is 0.255 e. The van der Waals surface area contributed by atoms with Crippen LogP contribution >= 0.6 is 0 Å². The van der Waals surface area contributed by atoms with Crippen molar-refractivity contribution in [2.75, 3.05) is 38.8 Å². The monoisotopic (exact) mass is 343 g/mol. The fraction of sp³-hybridized carbons (Fsp3) is 0.615. The van der Waals surface area contributed by atoms with Crippen LogP contribution in [0.5, 0.6) is 0 Å². The van der Waals surface area contributed by atoms with E-state index < -0.39 is 10.0 Å². The molecule has 10 heteroatoms. The number of anilines is 1. The maximum Gasteiger partial charge on any atom is 0.255 e. The fourth-order valence-electron chi connectivity index (χ4n) is 2.30. The Bertz CT molecular complexity index is 692. The van der Waals surface area contributed by atoms with Gasteiger partial charge in [-0.15, -0.1) is 0 Å². The normalized spacial score (nSPS) is 21.6. The third-order valence-electron chi connectivity index (χ3n) is 3.74. The molecule has 0 saturated carbocycles. The SMILES string of the molecule is Cc1nc(N)ncc1C(=O)N[C@@H]1COC[C@H]1CS(=O)(=O)N(C)C. The zero-order valence-electron chi connectivity index (χ0n) is 13.3. The van der Waals surface area contributed by atoms with E-state index in [1.807, 2.05) is 0 Å². The van der Waals surface area contributed by atoms with Gasteiger partial charge >= 0.3 is 0 Å². The predicted octanol–water partition coefficient (Wildman–Crippen LogP) is -0.997. The number of carbonyl (C=O) groups is 1. The number of hydrogen-bond donors (Lipinski definition) is 2. The van der Waals surface area contributed by atoms with Crippen molar-refractivity contribution in [2.24, 2.45) is 5.92 Å². The first-order valence-corrected chi connectivity index (χ1v) is 8.69. The zero-order chi connectivity index (χ0) is 17.2. The van der Waals surface area contributed by atoms with Crippen LogP contribution in [-0.2, 0) is 14.8 Å². The van der Waals surface area contributed by atoms with Gasteiger partial charge in [0.1, 0.15) is 0 Å². The maximum absolute atomic E-state index is 12.3. The van der Waals surface area contributed by atoms with Crippen molar-refractivity contribution in [3.8, 4) is 0 Å². The van der Waals surface area contributed by atoms with E-state index in [1.165, 1.54) is 24.6 Å². The molecular weight excluding hydrogens is 322 g/mol. The lowest BCUT2D eigenvalue weighted by Gasteiger charge is -2.21. The summed E-state index contributed by atoms with van der Waals surface area (Å²) >= 11 is 0. The fourth-order valence-corrected chi connectivity index (χ4v) is 3.46. The number of carbonyl (C=O) groups excluding carboxylic acids is 1. The first-order valence-electron chi connectivity index (χ1n) is 7.08. The Morgan fingerprint density at radius 3 is 2.78 bits per heavy atom. The van der Waals surface area contributed by atoms with Crippen LogP contribution in [0.4, 0.5) is 5.95 Å². The zero-order valence-corrected chi connectivity index (χ0v) is 14.1. The molecule has 0 aliphatic carbocycles. The molecule has 0 spiro atoms. The Morgan fingerprint density at radius 1 is 1.48 bits per heavy atom. The summed E-state index contributed by atoms with van der Waals surface area (Å²) in [4.78, 5) is 20.1.